The van der Waals surface area contributed by atoms with Crippen LogP contribution in [0.25, 0.3) is 0 Å². The van der Waals surface area contributed by atoms with Crippen molar-refractivity contribution < 1.29 is 0 Å². The SMILES string of the molecule is CNCC(C)NCCCc1ccccn1. The molecule has 1 heterocycles. The molecule has 0 spiro atoms. The summed E-state index contributed by atoms with van der Waals surface area (Å²) >= 11 is 0. The minimum Gasteiger partial charge on any atom is -0.318 e. The lowest BCUT2D eigenvalue weighted by molar-refractivity contribution is 0.514. The van der Waals surface area contributed by atoms with Crippen LogP contribution in [-0.4, -0.2) is 31.2 Å². The van der Waals surface area contributed by atoms with E-state index in [1.165, 1.54) is 5.69 Å². The van der Waals surface area contributed by atoms with Crippen LogP contribution in [0.2, 0.25) is 0 Å². The van der Waals surface area contributed by atoms with Gasteiger partial charge in [-0.3, -0.25) is 4.98 Å². The summed E-state index contributed by atoms with van der Waals surface area (Å²) in [6, 6.07) is 6.62. The van der Waals surface area contributed by atoms with Gasteiger partial charge in [-0.1, -0.05) is 6.07 Å². The maximum absolute atomic E-state index is 4.29. The highest BCUT2D eigenvalue weighted by Gasteiger charge is 1.98. The molecular weight excluding hydrogens is 186 g/mol. The minimum atomic E-state index is 0.540. The van der Waals surface area contributed by atoms with Crippen LogP contribution in [0.4, 0.5) is 0 Å². The number of aromatic nitrogens is 1. The molecule has 84 valence electrons. The average molecular weight is 207 g/mol. The molecule has 1 aromatic rings. The number of aryl methyl sites for hydroxylation is 1. The fraction of sp³-hybridized carbons (Fsp3) is 0.583. The van der Waals surface area contributed by atoms with Crippen LogP contribution in [0, 0.1) is 0 Å². The van der Waals surface area contributed by atoms with Crippen LogP contribution in [0.1, 0.15) is 19.0 Å². The molecule has 0 fully saturated rings. The third kappa shape index (κ3) is 5.50. The van der Waals surface area contributed by atoms with E-state index in [9.17, 15) is 0 Å². The van der Waals surface area contributed by atoms with Gasteiger partial charge >= 0.3 is 0 Å². The molecule has 0 aliphatic heterocycles. The topological polar surface area (TPSA) is 37.0 Å². The molecule has 3 nitrogen and oxygen atoms in total. The zero-order valence-electron chi connectivity index (χ0n) is 9.66. The Kier molecular flexibility index (Phi) is 5.97. The molecular formula is C12H21N3. The van der Waals surface area contributed by atoms with Gasteiger partial charge in [0.1, 0.15) is 0 Å². The molecule has 0 saturated carbocycles. The van der Waals surface area contributed by atoms with Crippen molar-refractivity contribution in [3.8, 4) is 0 Å². The molecule has 1 unspecified atom stereocenters. The molecule has 0 radical (unpaired) electrons. The molecule has 15 heavy (non-hydrogen) atoms. The molecule has 0 aliphatic carbocycles. The Balaban J connectivity index is 2.07. The highest BCUT2D eigenvalue weighted by atomic mass is 15.0. The first kappa shape index (κ1) is 12.1. The van der Waals surface area contributed by atoms with Crippen molar-refractivity contribution in [3.63, 3.8) is 0 Å². The quantitative estimate of drug-likeness (QED) is 0.660. The van der Waals surface area contributed by atoms with Crippen molar-refractivity contribution in [2.45, 2.75) is 25.8 Å². The number of likely N-dealkylation sites (N-methyl/N-ethyl adjacent to an activating group) is 1. The fourth-order valence-electron chi connectivity index (χ4n) is 1.54. The van der Waals surface area contributed by atoms with Crippen LogP contribution in [0.15, 0.2) is 24.4 Å². The number of nitrogens with one attached hydrogen (secondary N) is 2. The van der Waals surface area contributed by atoms with Gasteiger partial charge in [-0.05, 0) is 45.5 Å². The lowest BCUT2D eigenvalue weighted by Gasteiger charge is -2.12. The van der Waals surface area contributed by atoms with Crippen LogP contribution in [-0.2, 0) is 6.42 Å². The van der Waals surface area contributed by atoms with Crippen molar-refractivity contribution in [2.75, 3.05) is 20.1 Å². The highest BCUT2D eigenvalue weighted by Crippen LogP contribution is 1.97. The Labute approximate surface area is 92.3 Å². The third-order valence-corrected chi connectivity index (χ3v) is 2.34. The van der Waals surface area contributed by atoms with Gasteiger partial charge < -0.3 is 10.6 Å². The van der Waals surface area contributed by atoms with Crippen molar-refractivity contribution in [1.29, 1.82) is 0 Å². The highest BCUT2D eigenvalue weighted by molar-refractivity contribution is 5.03. The van der Waals surface area contributed by atoms with Gasteiger partial charge in [0.05, 0.1) is 0 Å². The van der Waals surface area contributed by atoms with Crippen LogP contribution >= 0.6 is 0 Å². The van der Waals surface area contributed by atoms with E-state index in [1.54, 1.807) is 0 Å². The first-order valence-electron chi connectivity index (χ1n) is 5.61. The first-order chi connectivity index (χ1) is 7.33. The lowest BCUT2D eigenvalue weighted by Crippen LogP contribution is -2.35. The van der Waals surface area contributed by atoms with E-state index in [0.717, 1.165) is 25.9 Å². The average Bonchev–Trinajstić information content (AvgIpc) is 2.26. The Morgan fingerprint density at radius 2 is 2.27 bits per heavy atom. The van der Waals surface area contributed by atoms with Crippen molar-refractivity contribution >= 4 is 0 Å². The summed E-state index contributed by atoms with van der Waals surface area (Å²) in [5.41, 5.74) is 1.18. The molecule has 1 atom stereocenters. The smallest absolute Gasteiger partial charge is 0.0404 e. The molecule has 0 amide bonds. The van der Waals surface area contributed by atoms with Crippen LogP contribution in [0.3, 0.4) is 0 Å². The van der Waals surface area contributed by atoms with Crippen molar-refractivity contribution in [2.24, 2.45) is 0 Å². The Morgan fingerprint density at radius 1 is 1.40 bits per heavy atom. The second kappa shape index (κ2) is 7.37. The van der Waals surface area contributed by atoms with E-state index >= 15 is 0 Å². The predicted molar refractivity (Wildman–Crippen MR) is 63.9 cm³/mol. The maximum Gasteiger partial charge on any atom is 0.0404 e. The lowest BCUT2D eigenvalue weighted by atomic mass is 10.2. The van der Waals surface area contributed by atoms with Crippen LogP contribution in [0.5, 0.6) is 0 Å². The Morgan fingerprint density at radius 3 is 2.93 bits per heavy atom. The molecule has 3 heteroatoms. The molecule has 0 aliphatic rings. The summed E-state index contributed by atoms with van der Waals surface area (Å²) in [5, 5.41) is 6.61. The molecule has 0 bridgehead atoms. The molecule has 0 aromatic carbocycles. The number of nitrogens with zero attached hydrogens (tertiary/aromatic N) is 1. The van der Waals surface area contributed by atoms with E-state index in [0.29, 0.717) is 6.04 Å². The monoisotopic (exact) mass is 207 g/mol. The van der Waals surface area contributed by atoms with Gasteiger partial charge in [-0.15, -0.1) is 0 Å². The summed E-state index contributed by atoms with van der Waals surface area (Å²) < 4.78 is 0. The summed E-state index contributed by atoms with van der Waals surface area (Å²) in [6.07, 6.45) is 4.05. The summed E-state index contributed by atoms with van der Waals surface area (Å²) in [4.78, 5) is 4.29. The van der Waals surface area contributed by atoms with Gasteiger partial charge in [0.15, 0.2) is 0 Å². The van der Waals surface area contributed by atoms with E-state index in [4.69, 9.17) is 0 Å². The molecule has 0 saturated heterocycles. The number of hydrogen-bond donors (Lipinski definition) is 2. The second-order valence-electron chi connectivity index (χ2n) is 3.84. The summed E-state index contributed by atoms with van der Waals surface area (Å²) in [5.74, 6) is 0. The van der Waals surface area contributed by atoms with Crippen LogP contribution < -0.4 is 10.6 Å². The normalized spacial score (nSPS) is 12.7. The van der Waals surface area contributed by atoms with E-state index < -0.39 is 0 Å². The first-order valence-corrected chi connectivity index (χ1v) is 5.61. The fourth-order valence-corrected chi connectivity index (χ4v) is 1.54. The van der Waals surface area contributed by atoms with Gasteiger partial charge in [0.2, 0.25) is 0 Å². The Bertz CT molecular complexity index is 248. The Hall–Kier alpha value is -0.930. The van der Waals surface area contributed by atoms with Gasteiger partial charge in [-0.2, -0.15) is 0 Å². The second-order valence-corrected chi connectivity index (χ2v) is 3.84. The number of hydrogen-bond acceptors (Lipinski definition) is 3. The zero-order valence-corrected chi connectivity index (χ0v) is 9.66. The molecule has 1 rings (SSSR count). The maximum atomic E-state index is 4.29. The van der Waals surface area contributed by atoms with Gasteiger partial charge in [0, 0.05) is 24.5 Å². The van der Waals surface area contributed by atoms with Crippen molar-refractivity contribution in [1.82, 2.24) is 15.6 Å². The van der Waals surface area contributed by atoms with E-state index in [-0.39, 0.29) is 0 Å². The largest absolute Gasteiger partial charge is 0.318 e. The van der Waals surface area contributed by atoms with E-state index in [2.05, 4.69) is 28.6 Å². The standard InChI is InChI=1S/C12H21N3/c1-11(10-13-2)14-9-5-7-12-6-3-4-8-15-12/h3-4,6,8,11,13-14H,5,7,9-10H2,1-2H3. The molecule has 1 aromatic heterocycles. The van der Waals surface area contributed by atoms with Gasteiger partial charge in [-0.25, -0.2) is 0 Å². The van der Waals surface area contributed by atoms with E-state index in [1.807, 2.05) is 25.4 Å². The number of pyridine rings is 1. The van der Waals surface area contributed by atoms with Gasteiger partial charge in [0.25, 0.3) is 0 Å². The summed E-state index contributed by atoms with van der Waals surface area (Å²) in [7, 11) is 1.98. The van der Waals surface area contributed by atoms with Crippen molar-refractivity contribution in [3.05, 3.63) is 30.1 Å². The number of rotatable bonds is 7. The predicted octanol–water partition coefficient (Wildman–Crippen LogP) is 1.21. The molecule has 2 N–H and O–H groups in total. The summed E-state index contributed by atoms with van der Waals surface area (Å²) in [6.45, 7) is 4.26. The minimum absolute atomic E-state index is 0.540. The third-order valence-electron chi connectivity index (χ3n) is 2.34. The zero-order chi connectivity index (χ0) is 10.9.